The highest BCUT2D eigenvalue weighted by Crippen LogP contribution is 2.48. The lowest BCUT2D eigenvalue weighted by atomic mass is 9.94. The zero-order valence-corrected chi connectivity index (χ0v) is 18.6. The second kappa shape index (κ2) is 9.27. The Hall–Kier alpha value is -3.25. The molecule has 0 saturated heterocycles. The number of aromatic nitrogens is 1. The monoisotopic (exact) mass is 459 g/mol. The van der Waals surface area contributed by atoms with Crippen LogP contribution >= 0.6 is 23.2 Å². The van der Waals surface area contributed by atoms with Crippen LogP contribution in [-0.4, -0.2) is 38.1 Å². The van der Waals surface area contributed by atoms with Gasteiger partial charge in [0.2, 0.25) is 5.91 Å². The minimum absolute atomic E-state index is 0.216. The van der Waals surface area contributed by atoms with E-state index in [9.17, 15) is 9.59 Å². The standard InChI is InChI=1S/C22H19Cl2N3O4/c1-5-19(29)26-10-13-7-15-12(9-25-13)6-14(16(11-28)27(15)2)20-21(23)17(30-3)8-18(31-4)22(20)24/h5-9H,1,10H2,2-4H3,(H,26,29). The molecule has 2 heterocycles. The first-order valence-corrected chi connectivity index (χ1v) is 9.82. The molecule has 31 heavy (non-hydrogen) atoms. The van der Waals surface area contributed by atoms with Gasteiger partial charge < -0.3 is 19.7 Å². The Labute approximate surface area is 189 Å². The molecule has 9 heteroatoms. The summed E-state index contributed by atoms with van der Waals surface area (Å²) in [5.41, 5.74) is 3.11. The number of carbonyl (C=O) groups is 1. The summed E-state index contributed by atoms with van der Waals surface area (Å²) in [4.78, 5) is 29.4. The smallest absolute Gasteiger partial charge is 0.243 e. The van der Waals surface area contributed by atoms with Gasteiger partial charge in [-0.2, -0.15) is 0 Å². The van der Waals surface area contributed by atoms with E-state index in [4.69, 9.17) is 32.7 Å². The quantitative estimate of drug-likeness (QED) is 0.520. The number of anilines is 1. The molecular weight excluding hydrogens is 441 g/mol. The third-order valence-corrected chi connectivity index (χ3v) is 5.54. The van der Waals surface area contributed by atoms with E-state index >= 15 is 0 Å². The number of halogens is 2. The Morgan fingerprint density at radius 2 is 1.90 bits per heavy atom. The number of carbonyl (C=O) groups excluding carboxylic acids is 2. The number of ether oxygens (including phenoxy) is 2. The number of fused-ring (bicyclic) bond motifs is 1. The predicted molar refractivity (Wildman–Crippen MR) is 121 cm³/mol. The van der Waals surface area contributed by atoms with Gasteiger partial charge in [0.15, 0.2) is 5.94 Å². The molecule has 0 spiro atoms. The molecule has 0 radical (unpaired) electrons. The lowest BCUT2D eigenvalue weighted by molar-refractivity contribution is -0.116. The molecule has 0 aliphatic carbocycles. The highest BCUT2D eigenvalue weighted by molar-refractivity contribution is 6.40. The van der Waals surface area contributed by atoms with Gasteiger partial charge in [-0.25, -0.2) is 4.79 Å². The number of hydrogen-bond donors (Lipinski definition) is 1. The molecule has 1 aromatic carbocycles. The zero-order valence-electron chi connectivity index (χ0n) is 17.1. The highest BCUT2D eigenvalue weighted by atomic mass is 35.5. The Morgan fingerprint density at radius 1 is 1.26 bits per heavy atom. The molecule has 1 aromatic heterocycles. The van der Waals surface area contributed by atoms with Crippen LogP contribution in [0.25, 0.3) is 11.6 Å². The van der Waals surface area contributed by atoms with Crippen LogP contribution in [0.2, 0.25) is 10.0 Å². The van der Waals surface area contributed by atoms with Gasteiger partial charge in [-0.05, 0) is 18.2 Å². The van der Waals surface area contributed by atoms with Crippen molar-refractivity contribution in [1.29, 1.82) is 0 Å². The number of methoxy groups -OCH3 is 2. The van der Waals surface area contributed by atoms with E-state index in [1.54, 1.807) is 36.4 Å². The molecule has 7 nitrogen and oxygen atoms in total. The van der Waals surface area contributed by atoms with Crippen molar-refractivity contribution in [3.8, 4) is 11.5 Å². The molecule has 2 aromatic rings. The van der Waals surface area contributed by atoms with Crippen LogP contribution in [-0.2, 0) is 16.1 Å². The van der Waals surface area contributed by atoms with Gasteiger partial charge in [0.05, 0.1) is 42.2 Å². The van der Waals surface area contributed by atoms with Crippen LogP contribution < -0.4 is 19.7 Å². The van der Waals surface area contributed by atoms with Crippen molar-refractivity contribution in [3.63, 3.8) is 0 Å². The van der Waals surface area contributed by atoms with E-state index in [1.165, 1.54) is 20.3 Å². The van der Waals surface area contributed by atoms with E-state index in [0.717, 1.165) is 5.56 Å². The number of rotatable bonds is 6. The number of benzene rings is 1. The normalized spacial score (nSPS) is 12.5. The van der Waals surface area contributed by atoms with Crippen molar-refractivity contribution in [2.45, 2.75) is 6.54 Å². The van der Waals surface area contributed by atoms with E-state index in [1.807, 2.05) is 5.94 Å². The van der Waals surface area contributed by atoms with Crippen LogP contribution in [0.4, 0.5) is 5.69 Å². The summed E-state index contributed by atoms with van der Waals surface area (Å²) in [6.45, 7) is 3.63. The largest absolute Gasteiger partial charge is 0.495 e. The predicted octanol–water partition coefficient (Wildman–Crippen LogP) is 3.91. The van der Waals surface area contributed by atoms with Crippen LogP contribution in [0.15, 0.2) is 36.7 Å². The van der Waals surface area contributed by atoms with Gasteiger partial charge in [0.1, 0.15) is 17.2 Å². The molecule has 0 saturated carbocycles. The van der Waals surface area contributed by atoms with Gasteiger partial charge in [-0.3, -0.25) is 9.78 Å². The first-order chi connectivity index (χ1) is 14.9. The average molecular weight is 460 g/mol. The highest BCUT2D eigenvalue weighted by Gasteiger charge is 2.29. The molecule has 1 aliphatic rings. The molecule has 0 unspecified atom stereocenters. The molecule has 160 valence electrons. The Kier molecular flexibility index (Phi) is 6.71. The van der Waals surface area contributed by atoms with Gasteiger partial charge in [0.25, 0.3) is 0 Å². The fraction of sp³-hybridized carbons (Fsp3) is 0.182. The van der Waals surface area contributed by atoms with Crippen LogP contribution in [0, 0.1) is 0 Å². The first kappa shape index (κ1) is 22.4. The molecular formula is C22H19Cl2N3O4. The van der Waals surface area contributed by atoms with Crippen molar-refractivity contribution in [3.05, 3.63) is 63.5 Å². The van der Waals surface area contributed by atoms with E-state index < -0.39 is 0 Å². The number of likely N-dealkylation sites (N-methyl/N-ethyl adjacent to an activating group) is 1. The van der Waals surface area contributed by atoms with E-state index in [0.29, 0.717) is 34.0 Å². The summed E-state index contributed by atoms with van der Waals surface area (Å²) in [5.74, 6) is 2.37. The topological polar surface area (TPSA) is 80.8 Å². The number of allylic oxidation sites excluding steroid dienone is 1. The third-order valence-electron chi connectivity index (χ3n) is 4.79. The first-order valence-electron chi connectivity index (χ1n) is 9.06. The van der Waals surface area contributed by atoms with Crippen LogP contribution in [0.5, 0.6) is 11.5 Å². The summed E-state index contributed by atoms with van der Waals surface area (Å²) < 4.78 is 10.7. The van der Waals surface area contributed by atoms with Crippen LogP contribution in [0.3, 0.4) is 0 Å². The lowest BCUT2D eigenvalue weighted by Gasteiger charge is -2.29. The molecule has 1 amide bonds. The molecule has 0 bridgehead atoms. The summed E-state index contributed by atoms with van der Waals surface area (Å²) in [7, 11) is 4.67. The molecule has 3 rings (SSSR count). The second-order valence-corrected chi connectivity index (χ2v) is 7.26. The minimum Gasteiger partial charge on any atom is -0.495 e. The maximum Gasteiger partial charge on any atom is 0.243 e. The van der Waals surface area contributed by atoms with Gasteiger partial charge in [-0.1, -0.05) is 29.8 Å². The van der Waals surface area contributed by atoms with E-state index in [2.05, 4.69) is 16.9 Å². The maximum absolute atomic E-state index is 12.0. The van der Waals surface area contributed by atoms with E-state index in [-0.39, 0.29) is 28.2 Å². The maximum atomic E-state index is 12.0. The minimum atomic E-state index is -0.306. The molecule has 0 fully saturated rings. The van der Waals surface area contributed by atoms with Crippen molar-refractivity contribution in [2.75, 3.05) is 26.2 Å². The summed E-state index contributed by atoms with van der Waals surface area (Å²) in [6, 6.07) is 3.35. The van der Waals surface area contributed by atoms with Crippen molar-refractivity contribution in [1.82, 2.24) is 10.3 Å². The Morgan fingerprint density at radius 3 is 2.45 bits per heavy atom. The lowest BCUT2D eigenvalue weighted by Crippen LogP contribution is -2.24. The number of amides is 1. The zero-order chi connectivity index (χ0) is 22.7. The fourth-order valence-corrected chi connectivity index (χ4v) is 3.91. The van der Waals surface area contributed by atoms with Crippen molar-refractivity contribution >= 4 is 52.4 Å². The summed E-state index contributed by atoms with van der Waals surface area (Å²) in [5, 5.41) is 3.14. The number of nitrogens with zero attached hydrogens (tertiary/aromatic N) is 2. The Bertz CT molecular complexity index is 1130. The average Bonchev–Trinajstić information content (AvgIpc) is 2.78. The molecule has 0 atom stereocenters. The number of nitrogens with one attached hydrogen (secondary N) is 1. The number of hydrogen-bond acceptors (Lipinski definition) is 6. The van der Waals surface area contributed by atoms with Gasteiger partial charge in [0, 0.05) is 36.0 Å². The second-order valence-electron chi connectivity index (χ2n) is 6.51. The van der Waals surface area contributed by atoms with Gasteiger partial charge >= 0.3 is 0 Å². The SMILES string of the molecule is C=CC(=O)NCc1cc2c(cn1)C=C(c1c(Cl)c(OC)cc(OC)c1Cl)C(=C=O)N2C. The Balaban J connectivity index is 2.17. The number of pyridine rings is 1. The van der Waals surface area contributed by atoms with Crippen LogP contribution in [0.1, 0.15) is 16.8 Å². The summed E-state index contributed by atoms with van der Waals surface area (Å²) >= 11 is 13.1. The molecule has 1 N–H and O–H groups in total. The fourth-order valence-electron chi connectivity index (χ4n) is 3.21. The third kappa shape index (κ3) is 4.16. The van der Waals surface area contributed by atoms with Crippen molar-refractivity contribution < 1.29 is 19.1 Å². The van der Waals surface area contributed by atoms with Gasteiger partial charge in [-0.15, -0.1) is 0 Å². The molecule has 1 aliphatic heterocycles. The summed E-state index contributed by atoms with van der Waals surface area (Å²) in [6.07, 6.45) is 4.57. The van der Waals surface area contributed by atoms with Crippen molar-refractivity contribution in [2.24, 2.45) is 0 Å².